The number of benzene rings is 1. The molecule has 0 aliphatic heterocycles. The van der Waals surface area contributed by atoms with Crippen molar-refractivity contribution in [3.8, 4) is 5.75 Å². The van der Waals surface area contributed by atoms with E-state index in [0.29, 0.717) is 0 Å². The molecule has 0 aromatic heterocycles. The zero-order valence-corrected chi connectivity index (χ0v) is 11.8. The van der Waals surface area contributed by atoms with E-state index in [9.17, 15) is 14.9 Å². The number of aliphatic carboxylic acids is 1. The lowest BCUT2D eigenvalue weighted by Crippen LogP contribution is -2.48. The number of halogens is 1. The first kappa shape index (κ1) is 16.2. The van der Waals surface area contributed by atoms with Crippen LogP contribution in [-0.2, 0) is 4.79 Å². The van der Waals surface area contributed by atoms with Crippen molar-refractivity contribution in [2.75, 3.05) is 13.7 Å². The summed E-state index contributed by atoms with van der Waals surface area (Å²) < 4.78 is 5.34. The lowest BCUT2D eigenvalue weighted by Gasteiger charge is -2.24. The molecule has 0 spiro atoms. The number of carboxylic acids is 1. The van der Waals surface area contributed by atoms with Crippen molar-refractivity contribution in [3.05, 3.63) is 33.3 Å². The predicted molar refractivity (Wildman–Crippen MR) is 73.3 cm³/mol. The first-order chi connectivity index (χ1) is 9.30. The number of carboxylic acid groups (broad SMARTS) is 1. The Hall–Kier alpha value is -1.86. The van der Waals surface area contributed by atoms with Gasteiger partial charge in [-0.3, -0.25) is 14.9 Å². The Kier molecular flexibility index (Phi) is 5.29. The van der Waals surface area contributed by atoms with Gasteiger partial charge in [-0.25, -0.2) is 0 Å². The molecule has 0 amide bonds. The molecular weight excluding hydrogens is 288 g/mol. The molecular formula is C12H15ClN2O5. The molecule has 110 valence electrons. The maximum atomic E-state index is 11.1. The molecule has 0 radical (unpaired) electrons. The number of nitrogens with zero attached hydrogens (tertiary/aromatic N) is 1. The maximum absolute atomic E-state index is 11.1. The number of rotatable bonds is 7. The van der Waals surface area contributed by atoms with E-state index in [1.165, 1.54) is 32.2 Å². The highest BCUT2D eigenvalue weighted by Gasteiger charge is 2.30. The first-order valence-electron chi connectivity index (χ1n) is 5.79. The van der Waals surface area contributed by atoms with E-state index in [-0.39, 0.29) is 29.5 Å². The predicted octanol–water partition coefficient (Wildman–Crippen LogP) is 2.08. The van der Waals surface area contributed by atoms with E-state index in [4.69, 9.17) is 21.4 Å². The van der Waals surface area contributed by atoms with Crippen molar-refractivity contribution in [2.24, 2.45) is 0 Å². The van der Waals surface area contributed by atoms with Crippen molar-refractivity contribution in [2.45, 2.75) is 18.9 Å². The third-order valence-electron chi connectivity index (χ3n) is 3.01. The second-order valence-corrected chi connectivity index (χ2v) is 4.76. The Labute approximate surface area is 120 Å². The highest BCUT2D eigenvalue weighted by atomic mass is 35.5. The number of nitrogens with one attached hydrogen (secondary N) is 1. The lowest BCUT2D eigenvalue weighted by atomic mass is 9.99. The minimum absolute atomic E-state index is 0.0600. The molecule has 0 aliphatic rings. The van der Waals surface area contributed by atoms with Crippen LogP contribution >= 0.6 is 11.6 Å². The molecule has 8 heteroatoms. The van der Waals surface area contributed by atoms with Crippen molar-refractivity contribution >= 4 is 23.3 Å². The molecule has 1 unspecified atom stereocenters. The van der Waals surface area contributed by atoms with Gasteiger partial charge < -0.3 is 15.2 Å². The van der Waals surface area contributed by atoms with E-state index >= 15 is 0 Å². The Balaban J connectivity index is 2.73. The zero-order valence-electron chi connectivity index (χ0n) is 11.1. The van der Waals surface area contributed by atoms with E-state index in [2.05, 4.69) is 5.32 Å². The summed E-state index contributed by atoms with van der Waals surface area (Å²) in [6.07, 6.45) is 0.178. The van der Waals surface area contributed by atoms with Crippen LogP contribution in [0.4, 0.5) is 5.69 Å². The molecule has 1 aromatic carbocycles. The zero-order chi connectivity index (χ0) is 15.3. The summed E-state index contributed by atoms with van der Waals surface area (Å²) in [6, 6.07) is 3.84. The largest absolute Gasteiger partial charge is 0.492 e. The van der Waals surface area contributed by atoms with Crippen LogP contribution in [0, 0.1) is 10.1 Å². The molecule has 20 heavy (non-hydrogen) atoms. The number of hydrogen-bond donors (Lipinski definition) is 2. The van der Waals surface area contributed by atoms with Crippen LogP contribution in [0.5, 0.6) is 5.75 Å². The van der Waals surface area contributed by atoms with Crippen LogP contribution in [0.15, 0.2) is 18.2 Å². The Bertz CT molecular complexity index is 523. The monoisotopic (exact) mass is 302 g/mol. The molecule has 7 nitrogen and oxygen atoms in total. The number of hydrogen-bond acceptors (Lipinski definition) is 5. The smallest absolute Gasteiger partial charge is 0.323 e. The van der Waals surface area contributed by atoms with Crippen LogP contribution in [-0.4, -0.2) is 35.2 Å². The summed E-state index contributed by atoms with van der Waals surface area (Å²) in [5.74, 6) is -0.849. The molecule has 1 aromatic rings. The Morgan fingerprint density at radius 1 is 1.60 bits per heavy atom. The van der Waals surface area contributed by atoms with Gasteiger partial charge in [-0.15, -0.1) is 0 Å². The van der Waals surface area contributed by atoms with Gasteiger partial charge in [0.2, 0.25) is 0 Å². The van der Waals surface area contributed by atoms with E-state index < -0.39 is 16.4 Å². The SMILES string of the molecule is CNC(C)(CCOc1cc([N+](=O)[O-])ccc1Cl)C(=O)O. The van der Waals surface area contributed by atoms with Gasteiger partial charge >= 0.3 is 5.97 Å². The second-order valence-electron chi connectivity index (χ2n) is 4.36. The molecule has 0 saturated heterocycles. The van der Waals surface area contributed by atoms with Crippen molar-refractivity contribution < 1.29 is 19.6 Å². The molecule has 1 atom stereocenters. The van der Waals surface area contributed by atoms with Crippen molar-refractivity contribution in [1.82, 2.24) is 5.32 Å². The molecule has 1 rings (SSSR count). The summed E-state index contributed by atoms with van der Waals surface area (Å²) in [5.41, 5.74) is -1.27. The molecule has 0 fully saturated rings. The van der Waals surface area contributed by atoms with Gasteiger partial charge in [-0.2, -0.15) is 0 Å². The molecule has 0 bridgehead atoms. The summed E-state index contributed by atoms with van der Waals surface area (Å²) in [7, 11) is 1.54. The number of nitro benzene ring substituents is 1. The highest BCUT2D eigenvalue weighted by Crippen LogP contribution is 2.29. The maximum Gasteiger partial charge on any atom is 0.323 e. The number of ether oxygens (including phenoxy) is 1. The molecule has 0 saturated carbocycles. The minimum atomic E-state index is -1.13. The third-order valence-corrected chi connectivity index (χ3v) is 3.32. The van der Waals surface area contributed by atoms with Crippen LogP contribution in [0.2, 0.25) is 5.02 Å². The summed E-state index contributed by atoms with van der Waals surface area (Å²) in [5, 5.41) is 22.6. The van der Waals surface area contributed by atoms with E-state index in [1.807, 2.05) is 0 Å². The fraction of sp³-hybridized carbons (Fsp3) is 0.417. The van der Waals surface area contributed by atoms with Crippen LogP contribution in [0.3, 0.4) is 0 Å². The van der Waals surface area contributed by atoms with Gasteiger partial charge in [0, 0.05) is 12.5 Å². The van der Waals surface area contributed by atoms with Gasteiger partial charge in [-0.1, -0.05) is 11.6 Å². The van der Waals surface area contributed by atoms with Crippen LogP contribution < -0.4 is 10.1 Å². The standard InChI is InChI=1S/C12H15ClN2O5/c1-12(14-2,11(16)17)5-6-20-10-7-8(15(18)19)3-4-9(10)13/h3-4,7,14H,5-6H2,1-2H3,(H,16,17). The third kappa shape index (κ3) is 3.82. The van der Waals surface area contributed by atoms with Crippen LogP contribution in [0.25, 0.3) is 0 Å². The molecule has 0 heterocycles. The van der Waals surface area contributed by atoms with Gasteiger partial charge in [0.15, 0.2) is 0 Å². The highest BCUT2D eigenvalue weighted by molar-refractivity contribution is 6.32. The van der Waals surface area contributed by atoms with Gasteiger partial charge in [0.1, 0.15) is 11.3 Å². The normalized spacial score (nSPS) is 13.6. The second kappa shape index (κ2) is 6.53. The van der Waals surface area contributed by atoms with Gasteiger partial charge in [0.25, 0.3) is 5.69 Å². The first-order valence-corrected chi connectivity index (χ1v) is 6.17. The van der Waals surface area contributed by atoms with Crippen molar-refractivity contribution in [3.63, 3.8) is 0 Å². The molecule has 2 N–H and O–H groups in total. The van der Waals surface area contributed by atoms with E-state index in [0.717, 1.165) is 0 Å². The average molecular weight is 303 g/mol. The average Bonchev–Trinajstić information content (AvgIpc) is 2.40. The summed E-state index contributed by atoms with van der Waals surface area (Å²) in [4.78, 5) is 21.2. The fourth-order valence-electron chi connectivity index (χ4n) is 1.42. The number of likely N-dealkylation sites (N-methyl/N-ethyl adjacent to an activating group) is 1. The quantitative estimate of drug-likeness (QED) is 0.590. The van der Waals surface area contributed by atoms with E-state index in [1.54, 1.807) is 0 Å². The van der Waals surface area contributed by atoms with Crippen LogP contribution in [0.1, 0.15) is 13.3 Å². The summed E-state index contributed by atoms with van der Waals surface area (Å²) >= 11 is 5.87. The fourth-order valence-corrected chi connectivity index (χ4v) is 1.59. The molecule has 0 aliphatic carbocycles. The Morgan fingerprint density at radius 2 is 2.25 bits per heavy atom. The lowest BCUT2D eigenvalue weighted by molar-refractivity contribution is -0.384. The summed E-state index contributed by atoms with van der Waals surface area (Å²) in [6.45, 7) is 1.58. The number of non-ortho nitro benzene ring substituents is 1. The van der Waals surface area contributed by atoms with Gasteiger partial charge in [0.05, 0.1) is 22.6 Å². The number of nitro groups is 1. The topological polar surface area (TPSA) is 102 Å². The minimum Gasteiger partial charge on any atom is -0.492 e. The van der Waals surface area contributed by atoms with Gasteiger partial charge in [-0.05, 0) is 20.0 Å². The number of carbonyl (C=O) groups is 1. The Morgan fingerprint density at radius 3 is 2.75 bits per heavy atom. The van der Waals surface area contributed by atoms with Crippen molar-refractivity contribution in [1.29, 1.82) is 0 Å².